The number of hydrogen-bond donors (Lipinski definition) is 2. The number of carbonyl (C=O) groups is 1. The van der Waals surface area contributed by atoms with Crippen LogP contribution in [0, 0.1) is 12.3 Å². The van der Waals surface area contributed by atoms with E-state index < -0.39 is 20.5 Å². The molecule has 6 nitrogen and oxygen atoms in total. The standard InChI is InChI=1S/C10H16N2O4S.C2H6/c1-3-6-12-7-4-10(5-8-12,9(13)11-14)17(2,15)16;1-2/h1,14H,4-8H2,2H3,(H,11,13);1-2H3. The maximum Gasteiger partial charge on any atom is 0.264 e. The predicted octanol–water partition coefficient (Wildman–Crippen LogP) is 0.0304. The summed E-state index contributed by atoms with van der Waals surface area (Å²) in [6.07, 6.45) is 6.46. The SMILES string of the molecule is C#CCN1CCC(C(=O)NO)(S(C)(=O)=O)CC1.CC. The van der Waals surface area contributed by atoms with Gasteiger partial charge in [0.2, 0.25) is 0 Å². The summed E-state index contributed by atoms with van der Waals surface area (Å²) in [6.45, 7) is 5.27. The van der Waals surface area contributed by atoms with Gasteiger partial charge in [0.25, 0.3) is 5.91 Å². The number of terminal acetylenes is 1. The van der Waals surface area contributed by atoms with Crippen LogP contribution in [0.15, 0.2) is 0 Å². The van der Waals surface area contributed by atoms with Crippen molar-refractivity contribution < 1.29 is 18.4 Å². The fourth-order valence-electron chi connectivity index (χ4n) is 2.07. The molecule has 0 bridgehead atoms. The summed E-state index contributed by atoms with van der Waals surface area (Å²) in [5.41, 5.74) is 1.45. The van der Waals surface area contributed by atoms with Crippen molar-refractivity contribution >= 4 is 15.7 Å². The minimum Gasteiger partial charge on any atom is -0.292 e. The lowest BCUT2D eigenvalue weighted by molar-refractivity contribution is -0.133. The highest BCUT2D eigenvalue weighted by atomic mass is 32.2. The molecule has 0 aliphatic carbocycles. The Morgan fingerprint density at radius 1 is 1.42 bits per heavy atom. The van der Waals surface area contributed by atoms with E-state index in [1.54, 1.807) is 0 Å². The summed E-state index contributed by atoms with van der Waals surface area (Å²) < 4.78 is 21.9. The number of carbonyl (C=O) groups excluding carboxylic acids is 1. The highest BCUT2D eigenvalue weighted by Crippen LogP contribution is 2.30. The van der Waals surface area contributed by atoms with Crippen LogP contribution in [0.2, 0.25) is 0 Å². The molecule has 0 atom stereocenters. The predicted molar refractivity (Wildman–Crippen MR) is 73.4 cm³/mol. The topological polar surface area (TPSA) is 86.7 Å². The fourth-order valence-corrected chi connectivity index (χ4v) is 3.38. The normalized spacial score (nSPS) is 18.7. The summed E-state index contributed by atoms with van der Waals surface area (Å²) in [4.78, 5) is 13.5. The second-order valence-corrected chi connectivity index (χ2v) is 6.51. The maximum atomic E-state index is 11.7. The number of nitrogens with one attached hydrogen (secondary N) is 1. The van der Waals surface area contributed by atoms with Gasteiger partial charge >= 0.3 is 0 Å². The lowest BCUT2D eigenvalue weighted by Crippen LogP contribution is -2.57. The number of rotatable bonds is 3. The van der Waals surface area contributed by atoms with Crippen molar-refractivity contribution in [2.24, 2.45) is 0 Å². The van der Waals surface area contributed by atoms with Crippen LogP contribution in [0.3, 0.4) is 0 Å². The van der Waals surface area contributed by atoms with Crippen molar-refractivity contribution in [3.8, 4) is 12.3 Å². The fraction of sp³-hybridized carbons (Fsp3) is 0.750. The zero-order chi connectivity index (χ0) is 15.1. The third-order valence-electron chi connectivity index (χ3n) is 3.20. The van der Waals surface area contributed by atoms with Gasteiger partial charge in [-0.15, -0.1) is 6.42 Å². The van der Waals surface area contributed by atoms with Crippen molar-refractivity contribution in [2.75, 3.05) is 25.9 Å². The Hall–Kier alpha value is -1.10. The van der Waals surface area contributed by atoms with E-state index in [4.69, 9.17) is 11.6 Å². The van der Waals surface area contributed by atoms with Gasteiger partial charge in [0.15, 0.2) is 14.6 Å². The summed E-state index contributed by atoms with van der Waals surface area (Å²) >= 11 is 0. The first-order valence-electron chi connectivity index (χ1n) is 6.17. The van der Waals surface area contributed by atoms with Crippen LogP contribution in [0.25, 0.3) is 0 Å². The van der Waals surface area contributed by atoms with Gasteiger partial charge in [0.1, 0.15) is 0 Å². The molecule has 0 saturated carbocycles. The van der Waals surface area contributed by atoms with Crippen molar-refractivity contribution in [2.45, 2.75) is 31.4 Å². The molecule has 1 rings (SSSR count). The molecule has 1 fully saturated rings. The van der Waals surface area contributed by atoms with Crippen molar-refractivity contribution in [3.05, 3.63) is 0 Å². The zero-order valence-electron chi connectivity index (χ0n) is 11.6. The molecule has 19 heavy (non-hydrogen) atoms. The molecule has 0 unspecified atom stereocenters. The first-order chi connectivity index (χ1) is 8.87. The minimum atomic E-state index is -3.59. The van der Waals surface area contributed by atoms with Gasteiger partial charge in [0.05, 0.1) is 6.54 Å². The van der Waals surface area contributed by atoms with Crippen LogP contribution < -0.4 is 5.48 Å². The Morgan fingerprint density at radius 2 is 1.89 bits per heavy atom. The van der Waals surface area contributed by atoms with Crippen molar-refractivity contribution in [1.29, 1.82) is 0 Å². The van der Waals surface area contributed by atoms with Crippen LogP contribution in [-0.2, 0) is 14.6 Å². The molecule has 110 valence electrons. The third-order valence-corrected chi connectivity index (χ3v) is 5.22. The molecule has 0 aromatic rings. The molecular weight excluding hydrogens is 268 g/mol. The molecule has 0 aromatic carbocycles. The lowest BCUT2D eigenvalue weighted by atomic mass is 9.95. The Labute approximate surface area is 115 Å². The molecule has 1 aliphatic rings. The van der Waals surface area contributed by atoms with Gasteiger partial charge < -0.3 is 0 Å². The van der Waals surface area contributed by atoms with Crippen LogP contribution >= 0.6 is 0 Å². The Kier molecular flexibility index (Phi) is 7.05. The maximum absolute atomic E-state index is 11.7. The largest absolute Gasteiger partial charge is 0.292 e. The number of amides is 1. The van der Waals surface area contributed by atoms with Crippen LogP contribution in [0.4, 0.5) is 0 Å². The monoisotopic (exact) mass is 290 g/mol. The quantitative estimate of drug-likeness (QED) is 0.435. The van der Waals surface area contributed by atoms with Crippen LogP contribution in [0.1, 0.15) is 26.7 Å². The number of likely N-dealkylation sites (tertiary alicyclic amines) is 1. The Balaban J connectivity index is 0.00000154. The first-order valence-corrected chi connectivity index (χ1v) is 8.06. The van der Waals surface area contributed by atoms with E-state index in [0.29, 0.717) is 19.6 Å². The van der Waals surface area contributed by atoms with Crippen LogP contribution in [0.5, 0.6) is 0 Å². The highest BCUT2D eigenvalue weighted by Gasteiger charge is 2.49. The van der Waals surface area contributed by atoms with Crippen LogP contribution in [-0.4, -0.2) is 55.1 Å². The van der Waals surface area contributed by atoms with Gasteiger partial charge in [-0.25, -0.2) is 13.9 Å². The second-order valence-electron chi connectivity index (χ2n) is 4.19. The number of sulfone groups is 1. The molecule has 1 saturated heterocycles. The van der Waals surface area contributed by atoms with E-state index in [9.17, 15) is 13.2 Å². The van der Waals surface area contributed by atoms with E-state index in [2.05, 4.69) is 5.92 Å². The molecule has 1 aliphatic heterocycles. The number of hydroxylamine groups is 1. The van der Waals surface area contributed by atoms with Crippen molar-refractivity contribution in [3.63, 3.8) is 0 Å². The molecule has 2 N–H and O–H groups in total. The summed E-state index contributed by atoms with van der Waals surface area (Å²) in [5, 5.41) is 8.67. The minimum absolute atomic E-state index is 0.139. The Morgan fingerprint density at radius 3 is 2.21 bits per heavy atom. The van der Waals surface area contributed by atoms with Gasteiger partial charge in [-0.3, -0.25) is 14.9 Å². The number of hydrogen-bond acceptors (Lipinski definition) is 5. The van der Waals surface area contributed by atoms with E-state index in [-0.39, 0.29) is 12.8 Å². The smallest absolute Gasteiger partial charge is 0.264 e. The summed E-state index contributed by atoms with van der Waals surface area (Å²) in [7, 11) is -3.59. The molecule has 7 heteroatoms. The molecule has 1 heterocycles. The van der Waals surface area contributed by atoms with Gasteiger partial charge in [-0.2, -0.15) is 0 Å². The van der Waals surface area contributed by atoms with Gasteiger partial charge in [-0.05, 0) is 12.8 Å². The molecule has 0 spiro atoms. The molecular formula is C12H22N2O4S. The average Bonchev–Trinajstić information content (AvgIpc) is 2.40. The zero-order valence-corrected chi connectivity index (χ0v) is 12.5. The summed E-state index contributed by atoms with van der Waals surface area (Å²) in [6, 6.07) is 0. The van der Waals surface area contributed by atoms with Crippen molar-refractivity contribution in [1.82, 2.24) is 10.4 Å². The van der Waals surface area contributed by atoms with E-state index in [1.165, 1.54) is 5.48 Å². The van der Waals surface area contributed by atoms with E-state index >= 15 is 0 Å². The molecule has 1 amide bonds. The number of piperidine rings is 1. The summed E-state index contributed by atoms with van der Waals surface area (Å²) in [5.74, 6) is 1.61. The van der Waals surface area contributed by atoms with E-state index in [1.807, 2.05) is 18.7 Å². The lowest BCUT2D eigenvalue weighted by Gasteiger charge is -2.37. The average molecular weight is 290 g/mol. The van der Waals surface area contributed by atoms with Gasteiger partial charge in [-0.1, -0.05) is 19.8 Å². The third kappa shape index (κ3) is 3.93. The van der Waals surface area contributed by atoms with E-state index in [0.717, 1.165) is 6.26 Å². The Bertz CT molecular complexity index is 431. The first kappa shape index (κ1) is 17.9. The second kappa shape index (κ2) is 7.48. The molecule has 0 aromatic heterocycles. The number of nitrogens with zero attached hydrogens (tertiary/aromatic N) is 1. The molecule has 0 radical (unpaired) electrons. The van der Waals surface area contributed by atoms with Gasteiger partial charge in [0, 0.05) is 19.3 Å². The highest BCUT2D eigenvalue weighted by molar-refractivity contribution is 7.92.